The van der Waals surface area contributed by atoms with Crippen molar-refractivity contribution in [2.24, 2.45) is 0 Å². The third-order valence-electron chi connectivity index (χ3n) is 2.53. The van der Waals surface area contributed by atoms with Gasteiger partial charge in [-0.25, -0.2) is 0 Å². The van der Waals surface area contributed by atoms with Crippen LogP contribution in [-0.4, -0.2) is 13.1 Å². The minimum atomic E-state index is 0.535. The molecule has 0 heterocycles. The molecule has 2 atom stereocenters. The monoisotopic (exact) mass is 163 g/mol. The Morgan fingerprint density at radius 2 is 1.67 bits per heavy atom. The molecular weight excluding hydrogens is 146 g/mol. The second-order valence-corrected chi connectivity index (χ2v) is 3.28. The Kier molecular flexibility index (Phi) is 3.30. The number of benzene rings is 1. The van der Waals surface area contributed by atoms with Crippen molar-refractivity contribution in [3.63, 3.8) is 0 Å². The van der Waals surface area contributed by atoms with Crippen LogP contribution in [0.4, 0.5) is 0 Å². The van der Waals surface area contributed by atoms with E-state index in [2.05, 4.69) is 49.5 Å². The molecule has 0 radical (unpaired) electrons. The zero-order chi connectivity index (χ0) is 8.97. The Morgan fingerprint density at radius 1 is 1.08 bits per heavy atom. The lowest BCUT2D eigenvalue weighted by atomic mass is 9.95. The second-order valence-electron chi connectivity index (χ2n) is 3.28. The molecule has 1 heteroatoms. The van der Waals surface area contributed by atoms with E-state index in [4.69, 9.17) is 0 Å². The van der Waals surface area contributed by atoms with Crippen LogP contribution in [0, 0.1) is 0 Å². The van der Waals surface area contributed by atoms with Crippen LogP contribution >= 0.6 is 0 Å². The lowest BCUT2D eigenvalue weighted by Crippen LogP contribution is -2.27. The Hall–Kier alpha value is -0.820. The highest BCUT2D eigenvalue weighted by atomic mass is 14.9. The number of nitrogens with one attached hydrogen (secondary N) is 1. The molecule has 66 valence electrons. The highest BCUT2D eigenvalue weighted by molar-refractivity contribution is 5.20. The molecule has 0 aromatic heterocycles. The maximum atomic E-state index is 3.26. The van der Waals surface area contributed by atoms with Gasteiger partial charge in [-0.1, -0.05) is 37.3 Å². The smallest absolute Gasteiger partial charge is 0.0102 e. The summed E-state index contributed by atoms with van der Waals surface area (Å²) < 4.78 is 0. The van der Waals surface area contributed by atoms with Crippen LogP contribution in [0.25, 0.3) is 0 Å². The van der Waals surface area contributed by atoms with Crippen molar-refractivity contribution in [2.75, 3.05) is 7.05 Å². The third-order valence-corrected chi connectivity index (χ3v) is 2.53. The van der Waals surface area contributed by atoms with Crippen molar-refractivity contribution in [1.29, 1.82) is 0 Å². The SMILES string of the molecule is CN[C@H](C)[C@@H](C)c1ccccc1. The molecular formula is C11H17N. The van der Waals surface area contributed by atoms with E-state index in [1.54, 1.807) is 0 Å². The average Bonchev–Trinajstić information content (AvgIpc) is 2.17. The molecule has 0 saturated heterocycles. The summed E-state index contributed by atoms with van der Waals surface area (Å²) in [6.45, 7) is 4.45. The zero-order valence-corrected chi connectivity index (χ0v) is 8.04. The molecule has 1 aromatic rings. The summed E-state index contributed by atoms with van der Waals surface area (Å²) in [5, 5.41) is 3.26. The van der Waals surface area contributed by atoms with Gasteiger partial charge in [0, 0.05) is 6.04 Å². The van der Waals surface area contributed by atoms with Crippen molar-refractivity contribution in [3.05, 3.63) is 35.9 Å². The van der Waals surface area contributed by atoms with Gasteiger partial charge in [-0.2, -0.15) is 0 Å². The Balaban J connectivity index is 2.71. The summed E-state index contributed by atoms with van der Waals surface area (Å²) in [5.41, 5.74) is 1.40. The molecule has 0 aliphatic heterocycles. The largest absolute Gasteiger partial charge is 0.317 e. The first-order valence-electron chi connectivity index (χ1n) is 4.48. The fourth-order valence-electron chi connectivity index (χ4n) is 1.30. The van der Waals surface area contributed by atoms with Gasteiger partial charge in [0.25, 0.3) is 0 Å². The molecule has 1 nitrogen and oxygen atoms in total. The third kappa shape index (κ3) is 2.08. The molecule has 12 heavy (non-hydrogen) atoms. The van der Waals surface area contributed by atoms with Gasteiger partial charge < -0.3 is 5.32 Å². The summed E-state index contributed by atoms with van der Waals surface area (Å²) >= 11 is 0. The molecule has 0 aliphatic carbocycles. The number of rotatable bonds is 3. The van der Waals surface area contributed by atoms with E-state index in [1.165, 1.54) is 5.56 Å². The number of hydrogen-bond acceptors (Lipinski definition) is 1. The number of hydrogen-bond donors (Lipinski definition) is 1. The van der Waals surface area contributed by atoms with Gasteiger partial charge in [-0.3, -0.25) is 0 Å². The van der Waals surface area contributed by atoms with Crippen molar-refractivity contribution < 1.29 is 0 Å². The summed E-state index contributed by atoms with van der Waals surface area (Å²) in [5.74, 6) is 0.580. The van der Waals surface area contributed by atoms with E-state index in [-0.39, 0.29) is 0 Å². The average molecular weight is 163 g/mol. The molecule has 0 spiro atoms. The van der Waals surface area contributed by atoms with E-state index in [1.807, 2.05) is 7.05 Å². The summed E-state index contributed by atoms with van der Waals surface area (Å²) in [4.78, 5) is 0. The molecule has 0 amide bonds. The fraction of sp³-hybridized carbons (Fsp3) is 0.455. The van der Waals surface area contributed by atoms with E-state index < -0.39 is 0 Å². The molecule has 1 N–H and O–H groups in total. The first-order valence-corrected chi connectivity index (χ1v) is 4.48. The highest BCUT2D eigenvalue weighted by Gasteiger charge is 2.10. The minimum Gasteiger partial charge on any atom is -0.317 e. The van der Waals surface area contributed by atoms with Crippen LogP contribution in [0.2, 0.25) is 0 Å². The molecule has 1 rings (SSSR count). The lowest BCUT2D eigenvalue weighted by molar-refractivity contribution is 0.524. The highest BCUT2D eigenvalue weighted by Crippen LogP contribution is 2.17. The second kappa shape index (κ2) is 4.27. The zero-order valence-electron chi connectivity index (χ0n) is 8.04. The van der Waals surface area contributed by atoms with Gasteiger partial charge in [-0.15, -0.1) is 0 Å². The maximum absolute atomic E-state index is 3.26. The molecule has 0 unspecified atom stereocenters. The Morgan fingerprint density at radius 3 is 2.17 bits per heavy atom. The van der Waals surface area contributed by atoms with E-state index >= 15 is 0 Å². The topological polar surface area (TPSA) is 12.0 Å². The molecule has 0 aliphatic rings. The van der Waals surface area contributed by atoms with Crippen molar-refractivity contribution in [1.82, 2.24) is 5.32 Å². The van der Waals surface area contributed by atoms with Crippen LogP contribution in [0.1, 0.15) is 25.3 Å². The molecule has 0 bridgehead atoms. The van der Waals surface area contributed by atoms with Gasteiger partial charge in [0.05, 0.1) is 0 Å². The lowest BCUT2D eigenvalue weighted by Gasteiger charge is -2.19. The minimum absolute atomic E-state index is 0.535. The first kappa shape index (κ1) is 9.27. The van der Waals surface area contributed by atoms with Gasteiger partial charge in [0.1, 0.15) is 0 Å². The van der Waals surface area contributed by atoms with Gasteiger partial charge in [0.15, 0.2) is 0 Å². The van der Waals surface area contributed by atoms with Crippen LogP contribution in [0.5, 0.6) is 0 Å². The normalized spacial score (nSPS) is 15.6. The van der Waals surface area contributed by atoms with Gasteiger partial charge >= 0.3 is 0 Å². The summed E-state index contributed by atoms with van der Waals surface area (Å²) in [7, 11) is 2.00. The van der Waals surface area contributed by atoms with E-state index in [9.17, 15) is 0 Å². The Bertz CT molecular complexity index is 218. The summed E-state index contributed by atoms with van der Waals surface area (Å²) in [6, 6.07) is 11.1. The fourth-order valence-corrected chi connectivity index (χ4v) is 1.30. The Labute approximate surface area is 74.8 Å². The van der Waals surface area contributed by atoms with E-state index in [0.717, 1.165) is 0 Å². The predicted molar refractivity (Wildman–Crippen MR) is 53.4 cm³/mol. The quantitative estimate of drug-likeness (QED) is 0.721. The van der Waals surface area contributed by atoms with Crippen LogP contribution in [0.15, 0.2) is 30.3 Å². The number of likely N-dealkylation sites (N-methyl/N-ethyl adjacent to an activating group) is 1. The van der Waals surface area contributed by atoms with Gasteiger partial charge in [-0.05, 0) is 25.5 Å². The maximum Gasteiger partial charge on any atom is 0.0102 e. The van der Waals surface area contributed by atoms with Crippen LogP contribution in [-0.2, 0) is 0 Å². The molecule has 0 fully saturated rings. The van der Waals surface area contributed by atoms with Crippen molar-refractivity contribution in [3.8, 4) is 0 Å². The standard InChI is InChI=1S/C11H17N/c1-9(10(2)12-3)11-7-5-4-6-8-11/h4-10,12H,1-3H3/t9-,10-/m1/s1. The molecule has 0 saturated carbocycles. The first-order chi connectivity index (χ1) is 5.75. The van der Waals surface area contributed by atoms with E-state index in [0.29, 0.717) is 12.0 Å². The van der Waals surface area contributed by atoms with Crippen LogP contribution in [0.3, 0.4) is 0 Å². The molecule has 1 aromatic carbocycles. The predicted octanol–water partition coefficient (Wildman–Crippen LogP) is 2.40. The van der Waals surface area contributed by atoms with Gasteiger partial charge in [0.2, 0.25) is 0 Å². The van der Waals surface area contributed by atoms with Crippen LogP contribution < -0.4 is 5.32 Å². The summed E-state index contributed by atoms with van der Waals surface area (Å²) in [6.07, 6.45) is 0. The van der Waals surface area contributed by atoms with Crippen molar-refractivity contribution in [2.45, 2.75) is 25.8 Å². The van der Waals surface area contributed by atoms with Crippen molar-refractivity contribution >= 4 is 0 Å².